The summed E-state index contributed by atoms with van der Waals surface area (Å²) in [5, 5.41) is 10.1. The van der Waals surface area contributed by atoms with Gasteiger partial charge in [0, 0.05) is 17.9 Å². The summed E-state index contributed by atoms with van der Waals surface area (Å²) in [4.78, 5) is 2.42. The highest BCUT2D eigenvalue weighted by atomic mass is 79.9. The van der Waals surface area contributed by atoms with Gasteiger partial charge in [0.25, 0.3) is 0 Å². The fourth-order valence-corrected chi connectivity index (χ4v) is 2.22. The van der Waals surface area contributed by atoms with Crippen molar-refractivity contribution in [2.45, 2.75) is 45.6 Å². The van der Waals surface area contributed by atoms with Gasteiger partial charge in [-0.25, -0.2) is 0 Å². The normalized spacial score (nSPS) is 11.6. The lowest BCUT2D eigenvalue weighted by atomic mass is 10.1. The van der Waals surface area contributed by atoms with E-state index in [0.29, 0.717) is 6.04 Å². The number of alkyl halides is 1. The average molecular weight is 266 g/mol. The van der Waals surface area contributed by atoms with Crippen LogP contribution in [0.15, 0.2) is 0 Å². The predicted octanol–water partition coefficient (Wildman–Crippen LogP) is 2.64. The molecule has 0 aromatic carbocycles. The number of hydrogen-bond acceptors (Lipinski definition) is 2. The molecule has 0 aromatic heterocycles. The summed E-state index contributed by atoms with van der Waals surface area (Å²) in [5.41, 5.74) is 0. The lowest BCUT2D eigenvalue weighted by molar-refractivity contribution is 0.142. The minimum absolute atomic E-state index is 0.283. The van der Waals surface area contributed by atoms with Crippen molar-refractivity contribution in [1.29, 1.82) is 0 Å². The van der Waals surface area contributed by atoms with Gasteiger partial charge in [-0.1, -0.05) is 29.8 Å². The Bertz CT molecular complexity index is 118. The summed E-state index contributed by atoms with van der Waals surface area (Å²) < 4.78 is 0. The lowest BCUT2D eigenvalue weighted by Gasteiger charge is -2.29. The summed E-state index contributed by atoms with van der Waals surface area (Å²) in [7, 11) is 0. The molecular weight excluding hydrogens is 242 g/mol. The molecule has 0 bridgehead atoms. The van der Waals surface area contributed by atoms with Gasteiger partial charge < -0.3 is 5.11 Å². The van der Waals surface area contributed by atoms with Gasteiger partial charge >= 0.3 is 0 Å². The van der Waals surface area contributed by atoms with Crippen LogP contribution in [0.3, 0.4) is 0 Å². The second-order valence-corrected chi connectivity index (χ2v) is 4.42. The van der Waals surface area contributed by atoms with Crippen LogP contribution in [0.2, 0.25) is 0 Å². The van der Waals surface area contributed by atoms with Crippen LogP contribution in [0, 0.1) is 0 Å². The molecule has 0 aliphatic carbocycles. The largest absolute Gasteiger partial charge is 0.395 e. The van der Waals surface area contributed by atoms with Gasteiger partial charge in [-0.3, -0.25) is 4.90 Å². The van der Waals surface area contributed by atoms with E-state index in [-0.39, 0.29) is 6.61 Å². The van der Waals surface area contributed by atoms with Crippen molar-refractivity contribution >= 4 is 15.9 Å². The standard InChI is InChI=1S/C11H24BrNO/c1-3-11(4-2)13(9-10-14)8-6-5-7-12/h11,14H,3-10H2,1-2H3. The quantitative estimate of drug-likeness (QED) is 0.512. The molecule has 14 heavy (non-hydrogen) atoms. The van der Waals surface area contributed by atoms with E-state index < -0.39 is 0 Å². The van der Waals surface area contributed by atoms with E-state index in [1.165, 1.54) is 25.7 Å². The van der Waals surface area contributed by atoms with Crippen molar-refractivity contribution in [2.75, 3.05) is 25.0 Å². The van der Waals surface area contributed by atoms with Crippen molar-refractivity contribution in [2.24, 2.45) is 0 Å². The van der Waals surface area contributed by atoms with Crippen molar-refractivity contribution < 1.29 is 5.11 Å². The van der Waals surface area contributed by atoms with E-state index >= 15 is 0 Å². The first-order chi connectivity index (χ1) is 6.79. The maximum Gasteiger partial charge on any atom is 0.0558 e. The van der Waals surface area contributed by atoms with Crippen LogP contribution in [0.1, 0.15) is 39.5 Å². The molecule has 86 valence electrons. The van der Waals surface area contributed by atoms with Crippen LogP contribution in [-0.4, -0.2) is 41.1 Å². The predicted molar refractivity (Wildman–Crippen MR) is 66.1 cm³/mol. The Balaban J connectivity index is 3.85. The molecule has 0 rings (SSSR count). The third kappa shape index (κ3) is 5.99. The minimum atomic E-state index is 0.283. The maximum absolute atomic E-state index is 8.98. The van der Waals surface area contributed by atoms with Gasteiger partial charge in [-0.05, 0) is 32.2 Å². The van der Waals surface area contributed by atoms with Crippen molar-refractivity contribution in [3.8, 4) is 0 Å². The monoisotopic (exact) mass is 265 g/mol. The summed E-state index contributed by atoms with van der Waals surface area (Å²) in [6, 6.07) is 0.650. The molecule has 0 unspecified atom stereocenters. The number of rotatable bonds is 9. The molecule has 0 saturated carbocycles. The lowest BCUT2D eigenvalue weighted by Crippen LogP contribution is -2.37. The van der Waals surface area contributed by atoms with Gasteiger partial charge in [0.2, 0.25) is 0 Å². The summed E-state index contributed by atoms with van der Waals surface area (Å²) in [6.07, 6.45) is 4.82. The third-order valence-corrected chi connectivity index (χ3v) is 3.24. The molecule has 2 nitrogen and oxygen atoms in total. The van der Waals surface area contributed by atoms with Crippen LogP contribution < -0.4 is 0 Å². The number of aliphatic hydroxyl groups is 1. The van der Waals surface area contributed by atoms with Crippen molar-refractivity contribution in [1.82, 2.24) is 4.90 Å². The van der Waals surface area contributed by atoms with E-state index in [0.717, 1.165) is 18.4 Å². The smallest absolute Gasteiger partial charge is 0.0558 e. The van der Waals surface area contributed by atoms with Crippen molar-refractivity contribution in [3.05, 3.63) is 0 Å². The van der Waals surface area contributed by atoms with Crippen molar-refractivity contribution in [3.63, 3.8) is 0 Å². The Hall–Kier alpha value is 0.400. The van der Waals surface area contributed by atoms with Gasteiger partial charge in [-0.2, -0.15) is 0 Å². The average Bonchev–Trinajstić information content (AvgIpc) is 2.20. The molecule has 0 radical (unpaired) electrons. The summed E-state index contributed by atoms with van der Waals surface area (Å²) in [6.45, 7) is 6.68. The first-order valence-electron chi connectivity index (χ1n) is 5.70. The van der Waals surface area contributed by atoms with Gasteiger partial charge in [-0.15, -0.1) is 0 Å². The molecule has 3 heteroatoms. The Morgan fingerprint density at radius 2 is 1.79 bits per heavy atom. The highest BCUT2D eigenvalue weighted by Gasteiger charge is 2.13. The number of aliphatic hydroxyl groups excluding tert-OH is 1. The first-order valence-corrected chi connectivity index (χ1v) is 6.83. The van der Waals surface area contributed by atoms with Crippen LogP contribution >= 0.6 is 15.9 Å². The third-order valence-electron chi connectivity index (χ3n) is 2.68. The van der Waals surface area contributed by atoms with E-state index in [9.17, 15) is 0 Å². The Labute approximate surface area is 96.8 Å². The minimum Gasteiger partial charge on any atom is -0.395 e. The van der Waals surface area contributed by atoms with E-state index in [1.54, 1.807) is 0 Å². The molecule has 0 aliphatic heterocycles. The molecule has 0 heterocycles. The number of nitrogens with zero attached hydrogens (tertiary/aromatic N) is 1. The zero-order valence-corrected chi connectivity index (χ0v) is 11.1. The Morgan fingerprint density at radius 3 is 2.21 bits per heavy atom. The molecule has 1 N–H and O–H groups in total. The molecule has 0 amide bonds. The second kappa shape index (κ2) is 9.94. The first kappa shape index (κ1) is 14.4. The second-order valence-electron chi connectivity index (χ2n) is 3.63. The molecule has 0 aromatic rings. The summed E-state index contributed by atoms with van der Waals surface area (Å²) in [5.74, 6) is 0. The maximum atomic E-state index is 8.98. The highest BCUT2D eigenvalue weighted by Crippen LogP contribution is 2.09. The number of halogens is 1. The van der Waals surface area contributed by atoms with Crippen LogP contribution in [0.4, 0.5) is 0 Å². The molecular formula is C11H24BrNO. The van der Waals surface area contributed by atoms with Crippen LogP contribution in [0.25, 0.3) is 0 Å². The van der Waals surface area contributed by atoms with Gasteiger partial charge in [0.05, 0.1) is 6.61 Å². The fraction of sp³-hybridized carbons (Fsp3) is 1.00. The van der Waals surface area contributed by atoms with E-state index in [2.05, 4.69) is 34.7 Å². The summed E-state index contributed by atoms with van der Waals surface area (Å²) >= 11 is 3.44. The Morgan fingerprint density at radius 1 is 1.14 bits per heavy atom. The molecule has 0 saturated heterocycles. The van der Waals surface area contributed by atoms with E-state index in [1.807, 2.05) is 0 Å². The topological polar surface area (TPSA) is 23.5 Å². The fourth-order valence-electron chi connectivity index (χ4n) is 1.82. The van der Waals surface area contributed by atoms with Gasteiger partial charge in [0.15, 0.2) is 0 Å². The van der Waals surface area contributed by atoms with Gasteiger partial charge in [0.1, 0.15) is 0 Å². The van der Waals surface area contributed by atoms with E-state index in [4.69, 9.17) is 5.11 Å². The number of hydrogen-bond donors (Lipinski definition) is 1. The van der Waals surface area contributed by atoms with Crippen LogP contribution in [0.5, 0.6) is 0 Å². The highest BCUT2D eigenvalue weighted by molar-refractivity contribution is 9.09. The molecule has 0 aliphatic rings. The molecule has 0 atom stereocenters. The zero-order valence-electron chi connectivity index (χ0n) is 9.51. The zero-order chi connectivity index (χ0) is 10.8. The molecule has 0 fully saturated rings. The SMILES string of the molecule is CCC(CC)N(CCO)CCCCBr. The number of unbranched alkanes of at least 4 members (excludes halogenated alkanes) is 1. The Kier molecular flexibility index (Phi) is 10.2. The molecule has 0 spiro atoms. The van der Waals surface area contributed by atoms with Crippen LogP contribution in [-0.2, 0) is 0 Å².